The Hall–Kier alpha value is -0.433. The van der Waals surface area contributed by atoms with Crippen molar-refractivity contribution in [3.8, 4) is 0 Å². The van der Waals surface area contributed by atoms with Crippen LogP contribution in [0.2, 0.25) is 18.1 Å². The number of hydrogen-bond donors (Lipinski definition) is 0. The molecule has 0 saturated carbocycles. The van der Waals surface area contributed by atoms with Crippen molar-refractivity contribution in [2.45, 2.75) is 97.1 Å². The molecule has 6 heteroatoms. The Balaban J connectivity index is 2.57. The lowest BCUT2D eigenvalue weighted by molar-refractivity contribution is -0.198. The van der Waals surface area contributed by atoms with Gasteiger partial charge in [0.15, 0.2) is 14.1 Å². The molecular weight excluding hydrogens is 312 g/mol. The van der Waals surface area contributed by atoms with Crippen molar-refractivity contribution in [1.29, 1.82) is 0 Å². The summed E-state index contributed by atoms with van der Waals surface area (Å²) in [4.78, 5) is 12.2. The lowest BCUT2D eigenvalue weighted by Gasteiger charge is -2.39. The van der Waals surface area contributed by atoms with Gasteiger partial charge in [0.25, 0.3) is 0 Å². The molecule has 0 spiro atoms. The molecule has 0 bridgehead atoms. The predicted octanol–water partition coefficient (Wildman–Crippen LogP) is 4.22. The van der Waals surface area contributed by atoms with Gasteiger partial charge >= 0.3 is 5.97 Å². The standard InChI is InChI=1S/C17H34O5Si/c1-9-10-13(22-23(7,8)16(2,3)4)11-14(18)20-15-12-19-17(5,6)21-15/h13,15H,9-12H2,1-8H3/t13-,15-/m1/s1. The molecule has 0 aromatic rings. The minimum Gasteiger partial charge on any atom is -0.433 e. The van der Waals surface area contributed by atoms with Crippen molar-refractivity contribution in [1.82, 2.24) is 0 Å². The van der Waals surface area contributed by atoms with E-state index in [-0.39, 0.29) is 30.1 Å². The number of ether oxygens (including phenoxy) is 3. The zero-order valence-electron chi connectivity index (χ0n) is 16.0. The van der Waals surface area contributed by atoms with E-state index in [0.29, 0.717) is 0 Å². The Morgan fingerprint density at radius 1 is 1.35 bits per heavy atom. The van der Waals surface area contributed by atoms with Gasteiger partial charge in [0.2, 0.25) is 6.29 Å². The van der Waals surface area contributed by atoms with Gasteiger partial charge in [-0.1, -0.05) is 34.1 Å². The Morgan fingerprint density at radius 2 is 1.96 bits per heavy atom. The second-order valence-corrected chi connectivity index (χ2v) is 13.0. The highest BCUT2D eigenvalue weighted by atomic mass is 28.4. The largest absolute Gasteiger partial charge is 0.433 e. The smallest absolute Gasteiger partial charge is 0.310 e. The van der Waals surface area contributed by atoms with Gasteiger partial charge in [-0.3, -0.25) is 4.79 Å². The van der Waals surface area contributed by atoms with Crippen molar-refractivity contribution in [2.75, 3.05) is 6.61 Å². The fraction of sp³-hybridized carbons (Fsp3) is 0.941. The normalized spacial score (nSPS) is 22.9. The van der Waals surface area contributed by atoms with Gasteiger partial charge in [-0.15, -0.1) is 0 Å². The van der Waals surface area contributed by atoms with Gasteiger partial charge in [-0.2, -0.15) is 0 Å². The summed E-state index contributed by atoms with van der Waals surface area (Å²) in [6, 6.07) is 0. The van der Waals surface area contributed by atoms with Crippen LogP contribution in [0.5, 0.6) is 0 Å². The highest BCUT2D eigenvalue weighted by molar-refractivity contribution is 6.74. The van der Waals surface area contributed by atoms with Crippen molar-refractivity contribution in [3.63, 3.8) is 0 Å². The maximum atomic E-state index is 12.2. The summed E-state index contributed by atoms with van der Waals surface area (Å²) in [6.07, 6.45) is 1.38. The van der Waals surface area contributed by atoms with Crippen LogP contribution in [0.4, 0.5) is 0 Å². The van der Waals surface area contributed by atoms with Gasteiger partial charge in [0, 0.05) is 0 Å². The number of hydrogen-bond acceptors (Lipinski definition) is 5. The van der Waals surface area contributed by atoms with Crippen molar-refractivity contribution >= 4 is 14.3 Å². The first-order valence-electron chi connectivity index (χ1n) is 8.55. The van der Waals surface area contributed by atoms with Crippen LogP contribution in [0.1, 0.15) is 60.8 Å². The molecular formula is C17H34O5Si. The predicted molar refractivity (Wildman–Crippen MR) is 92.6 cm³/mol. The number of esters is 1. The van der Waals surface area contributed by atoms with Crippen LogP contribution in [0, 0.1) is 0 Å². The van der Waals surface area contributed by atoms with Gasteiger partial charge in [0.05, 0.1) is 12.5 Å². The molecule has 1 rings (SSSR count). The molecule has 2 atom stereocenters. The van der Waals surface area contributed by atoms with Gasteiger partial charge in [0.1, 0.15) is 6.61 Å². The van der Waals surface area contributed by atoms with Crippen molar-refractivity contribution in [2.24, 2.45) is 0 Å². The summed E-state index contributed by atoms with van der Waals surface area (Å²) in [6.45, 7) is 17.0. The third kappa shape index (κ3) is 6.53. The van der Waals surface area contributed by atoms with Crippen LogP contribution >= 0.6 is 0 Å². The lowest BCUT2D eigenvalue weighted by atomic mass is 10.1. The molecule has 0 aromatic carbocycles. The average Bonchev–Trinajstić information content (AvgIpc) is 2.66. The second kappa shape index (κ2) is 7.63. The third-order valence-corrected chi connectivity index (χ3v) is 9.05. The highest BCUT2D eigenvalue weighted by Crippen LogP contribution is 2.38. The fourth-order valence-electron chi connectivity index (χ4n) is 2.21. The molecule has 0 unspecified atom stereocenters. The van der Waals surface area contributed by atoms with Crippen LogP contribution in [0.3, 0.4) is 0 Å². The Kier molecular flexibility index (Phi) is 6.84. The number of carbonyl (C=O) groups is 1. The Bertz CT molecular complexity index is 400. The summed E-state index contributed by atoms with van der Waals surface area (Å²) in [5.74, 6) is -0.973. The molecule has 0 amide bonds. The SMILES string of the molecule is CCC[C@H](CC(=O)O[C@H]1COC(C)(C)O1)O[Si](C)(C)C(C)(C)C. The van der Waals surface area contributed by atoms with Gasteiger partial charge in [-0.25, -0.2) is 0 Å². The van der Waals surface area contributed by atoms with Crippen LogP contribution in [-0.2, 0) is 23.4 Å². The summed E-state index contributed by atoms with van der Waals surface area (Å²) in [5, 5.41) is 0.120. The number of rotatable bonds is 7. The summed E-state index contributed by atoms with van der Waals surface area (Å²) < 4.78 is 22.7. The number of carbonyl (C=O) groups excluding carboxylic acids is 1. The molecule has 0 aliphatic carbocycles. The zero-order valence-corrected chi connectivity index (χ0v) is 17.0. The summed E-state index contributed by atoms with van der Waals surface area (Å²) in [7, 11) is -1.90. The monoisotopic (exact) mass is 346 g/mol. The molecule has 1 heterocycles. The van der Waals surface area contributed by atoms with Crippen molar-refractivity contribution in [3.05, 3.63) is 0 Å². The first-order chi connectivity index (χ1) is 10.4. The summed E-state index contributed by atoms with van der Waals surface area (Å²) in [5.41, 5.74) is 0. The fourth-order valence-corrected chi connectivity index (χ4v) is 3.60. The average molecular weight is 347 g/mol. The second-order valence-electron chi connectivity index (χ2n) is 8.24. The Morgan fingerprint density at radius 3 is 2.39 bits per heavy atom. The molecule has 1 fully saturated rings. The van der Waals surface area contributed by atoms with E-state index in [1.165, 1.54) is 0 Å². The molecule has 0 N–H and O–H groups in total. The van der Waals surface area contributed by atoms with Crippen LogP contribution in [-0.4, -0.2) is 39.1 Å². The van der Waals surface area contributed by atoms with Crippen molar-refractivity contribution < 1.29 is 23.4 Å². The van der Waals surface area contributed by atoms with E-state index >= 15 is 0 Å². The Labute approximate surface area is 142 Å². The van der Waals surface area contributed by atoms with E-state index in [4.69, 9.17) is 18.6 Å². The van der Waals surface area contributed by atoms with E-state index in [1.807, 2.05) is 0 Å². The molecule has 1 aliphatic rings. The first kappa shape index (κ1) is 20.6. The van der Waals surface area contributed by atoms with Gasteiger partial charge in [-0.05, 0) is 38.4 Å². The molecule has 1 aliphatic heterocycles. The van der Waals surface area contributed by atoms with E-state index in [2.05, 4.69) is 40.8 Å². The van der Waals surface area contributed by atoms with Crippen LogP contribution in [0.15, 0.2) is 0 Å². The van der Waals surface area contributed by atoms with E-state index < -0.39 is 20.4 Å². The molecule has 5 nitrogen and oxygen atoms in total. The summed E-state index contributed by atoms with van der Waals surface area (Å²) >= 11 is 0. The molecule has 0 radical (unpaired) electrons. The zero-order chi connectivity index (χ0) is 17.9. The van der Waals surface area contributed by atoms with E-state index in [1.54, 1.807) is 13.8 Å². The molecule has 136 valence electrons. The highest BCUT2D eigenvalue weighted by Gasteiger charge is 2.40. The molecule has 23 heavy (non-hydrogen) atoms. The first-order valence-corrected chi connectivity index (χ1v) is 11.5. The minimum absolute atomic E-state index is 0.0938. The molecule has 0 aromatic heterocycles. The molecule has 1 saturated heterocycles. The van der Waals surface area contributed by atoms with Gasteiger partial charge < -0.3 is 18.6 Å². The maximum Gasteiger partial charge on any atom is 0.310 e. The van der Waals surface area contributed by atoms with Crippen LogP contribution < -0.4 is 0 Å². The maximum absolute atomic E-state index is 12.2. The quantitative estimate of drug-likeness (QED) is 0.510. The van der Waals surface area contributed by atoms with E-state index in [0.717, 1.165) is 12.8 Å². The minimum atomic E-state index is -1.90. The topological polar surface area (TPSA) is 54.0 Å². The van der Waals surface area contributed by atoms with E-state index in [9.17, 15) is 4.79 Å². The lowest BCUT2D eigenvalue weighted by Crippen LogP contribution is -2.44. The van der Waals surface area contributed by atoms with Crippen LogP contribution in [0.25, 0.3) is 0 Å². The third-order valence-electron chi connectivity index (χ3n) is 4.52.